The average Bonchev–Trinajstić information content (AvgIpc) is 3.35. The maximum atomic E-state index is 12.6. The standard InChI is InChI=1S/C17H17INO2/c1-19(13-8-10-14(21-2)11-9-13)17(20)16-15(18-16)12-6-4-3-5-7-12/h3-11,15-16H,1-2H3/q+1. The molecule has 0 saturated carbocycles. The van der Waals surface area contributed by atoms with Gasteiger partial charge in [0.1, 0.15) is 5.75 Å². The molecule has 1 amide bonds. The number of carbonyl (C=O) groups is 1. The summed E-state index contributed by atoms with van der Waals surface area (Å²) in [4.78, 5) is 14.3. The number of methoxy groups -OCH3 is 1. The van der Waals surface area contributed by atoms with Crippen LogP contribution in [0.3, 0.4) is 0 Å². The van der Waals surface area contributed by atoms with E-state index in [0.717, 1.165) is 11.4 Å². The fourth-order valence-corrected chi connectivity index (χ4v) is 5.15. The van der Waals surface area contributed by atoms with Gasteiger partial charge in [0.25, 0.3) is 9.83 Å². The Morgan fingerprint density at radius 2 is 1.76 bits per heavy atom. The van der Waals surface area contributed by atoms with E-state index < -0.39 is 0 Å². The van der Waals surface area contributed by atoms with Gasteiger partial charge in [-0.1, -0.05) is 30.3 Å². The van der Waals surface area contributed by atoms with Gasteiger partial charge >= 0.3 is 21.2 Å². The number of benzene rings is 2. The average molecular weight is 394 g/mol. The van der Waals surface area contributed by atoms with Gasteiger partial charge in [0.2, 0.25) is 3.92 Å². The zero-order valence-corrected chi connectivity index (χ0v) is 14.2. The van der Waals surface area contributed by atoms with Gasteiger partial charge in [0.15, 0.2) is 0 Å². The van der Waals surface area contributed by atoms with Crippen LogP contribution in [-0.2, 0) is 4.79 Å². The normalized spacial score (nSPS) is 19.9. The Morgan fingerprint density at radius 1 is 1.10 bits per heavy atom. The van der Waals surface area contributed by atoms with Crippen LogP contribution in [0.15, 0.2) is 54.6 Å². The summed E-state index contributed by atoms with van der Waals surface area (Å²) in [6.07, 6.45) is 0. The Morgan fingerprint density at radius 3 is 2.38 bits per heavy atom. The Kier molecular flexibility index (Phi) is 4.14. The van der Waals surface area contributed by atoms with Crippen LogP contribution in [0.5, 0.6) is 5.75 Å². The molecular weight excluding hydrogens is 377 g/mol. The Hall–Kier alpha value is -1.56. The fourth-order valence-electron chi connectivity index (χ4n) is 2.28. The number of carbonyl (C=O) groups excluding carboxylic acids is 1. The molecule has 2 unspecified atom stereocenters. The number of halogens is 1. The zero-order valence-electron chi connectivity index (χ0n) is 12.0. The van der Waals surface area contributed by atoms with Crippen LogP contribution < -0.4 is 30.8 Å². The van der Waals surface area contributed by atoms with Crippen LogP contribution in [0.25, 0.3) is 0 Å². The molecular formula is C17H17INO2+. The topological polar surface area (TPSA) is 29.5 Å². The van der Waals surface area contributed by atoms with Crippen molar-refractivity contribution in [3.63, 3.8) is 0 Å². The molecule has 4 heteroatoms. The first kappa shape index (κ1) is 14.4. The minimum atomic E-state index is -0.0618. The lowest BCUT2D eigenvalue weighted by atomic mass is 10.1. The van der Waals surface area contributed by atoms with Crippen molar-refractivity contribution in [2.45, 2.75) is 7.85 Å². The van der Waals surface area contributed by atoms with E-state index in [2.05, 4.69) is 12.1 Å². The smallest absolute Gasteiger partial charge is 0.302 e. The van der Waals surface area contributed by atoms with E-state index in [0.29, 0.717) is 3.92 Å². The number of anilines is 1. The maximum Gasteiger partial charge on any atom is 0.302 e. The molecule has 3 rings (SSSR count). The molecule has 0 aromatic heterocycles. The van der Waals surface area contributed by atoms with Gasteiger partial charge in [-0.05, 0) is 24.3 Å². The number of hydrogen-bond acceptors (Lipinski definition) is 2. The molecule has 2 aromatic carbocycles. The zero-order chi connectivity index (χ0) is 14.8. The molecule has 0 N–H and O–H groups in total. The summed E-state index contributed by atoms with van der Waals surface area (Å²) < 4.78 is 5.85. The van der Waals surface area contributed by atoms with Gasteiger partial charge in [-0.25, -0.2) is 0 Å². The molecule has 1 aliphatic rings. The summed E-state index contributed by atoms with van der Waals surface area (Å²) in [5, 5.41) is 0. The minimum absolute atomic E-state index is 0.0618. The van der Waals surface area contributed by atoms with Crippen LogP contribution >= 0.6 is 0 Å². The number of ether oxygens (including phenoxy) is 1. The number of hydrogen-bond donors (Lipinski definition) is 0. The first-order valence-electron chi connectivity index (χ1n) is 6.79. The Balaban J connectivity index is 1.68. The molecule has 0 radical (unpaired) electrons. The minimum Gasteiger partial charge on any atom is -0.497 e. The summed E-state index contributed by atoms with van der Waals surface area (Å²) in [6.45, 7) is 0. The predicted octanol–water partition coefficient (Wildman–Crippen LogP) is -0.129. The van der Waals surface area contributed by atoms with Gasteiger partial charge in [-0.15, -0.1) is 0 Å². The largest absolute Gasteiger partial charge is 0.497 e. The second kappa shape index (κ2) is 6.05. The molecule has 2 atom stereocenters. The number of alkyl halides is 2. The Labute approximate surface area is 135 Å². The van der Waals surface area contributed by atoms with E-state index >= 15 is 0 Å². The highest BCUT2D eigenvalue weighted by Crippen LogP contribution is 2.22. The van der Waals surface area contributed by atoms with Crippen molar-refractivity contribution in [2.75, 3.05) is 19.1 Å². The lowest BCUT2D eigenvalue weighted by Crippen LogP contribution is -3.49. The highest BCUT2D eigenvalue weighted by atomic mass is 127. The molecule has 0 aliphatic carbocycles. The van der Waals surface area contributed by atoms with Gasteiger partial charge in [0, 0.05) is 18.3 Å². The second-order valence-electron chi connectivity index (χ2n) is 4.94. The van der Waals surface area contributed by atoms with Crippen LogP contribution in [-0.4, -0.2) is 24.0 Å². The van der Waals surface area contributed by atoms with Crippen molar-refractivity contribution >= 4 is 11.6 Å². The van der Waals surface area contributed by atoms with Crippen LogP contribution in [0.1, 0.15) is 9.49 Å². The predicted molar refractivity (Wildman–Crippen MR) is 79.4 cm³/mol. The molecule has 0 bridgehead atoms. The maximum absolute atomic E-state index is 12.6. The summed E-state index contributed by atoms with van der Waals surface area (Å²) >= 11 is -0.0618. The van der Waals surface area contributed by atoms with E-state index in [9.17, 15) is 4.79 Å². The van der Waals surface area contributed by atoms with Gasteiger partial charge in [0.05, 0.1) is 7.11 Å². The summed E-state index contributed by atoms with van der Waals surface area (Å²) in [6, 6.07) is 18.0. The van der Waals surface area contributed by atoms with Crippen molar-refractivity contribution in [3.8, 4) is 5.75 Å². The second-order valence-corrected chi connectivity index (χ2v) is 8.34. The van der Waals surface area contributed by atoms with Crippen LogP contribution in [0.4, 0.5) is 5.69 Å². The summed E-state index contributed by atoms with van der Waals surface area (Å²) in [5.74, 6) is 1.04. The van der Waals surface area contributed by atoms with Gasteiger partial charge < -0.3 is 9.64 Å². The molecule has 0 spiro atoms. The van der Waals surface area contributed by atoms with Gasteiger partial charge in [-0.3, -0.25) is 4.79 Å². The SMILES string of the molecule is COc1ccc(N(C)C(=O)C2[I+]C2c2ccccc2)cc1. The number of nitrogens with zero attached hydrogens (tertiary/aromatic N) is 1. The molecule has 1 fully saturated rings. The monoisotopic (exact) mass is 394 g/mol. The van der Waals surface area contributed by atoms with Crippen molar-refractivity contribution in [1.29, 1.82) is 0 Å². The van der Waals surface area contributed by atoms with E-state index in [1.54, 1.807) is 12.0 Å². The third-order valence-corrected chi connectivity index (χ3v) is 7.01. The molecule has 108 valence electrons. The molecule has 3 nitrogen and oxygen atoms in total. The van der Waals surface area contributed by atoms with Crippen molar-refractivity contribution < 1.29 is 30.7 Å². The Bertz CT molecular complexity index is 627. The van der Waals surface area contributed by atoms with E-state index in [1.165, 1.54) is 5.56 Å². The van der Waals surface area contributed by atoms with Gasteiger partial charge in [-0.2, -0.15) is 0 Å². The first-order chi connectivity index (χ1) is 10.2. The number of rotatable bonds is 4. The summed E-state index contributed by atoms with van der Waals surface area (Å²) in [5.41, 5.74) is 2.23. The lowest BCUT2D eigenvalue weighted by Gasteiger charge is -2.15. The van der Waals surface area contributed by atoms with Crippen LogP contribution in [0.2, 0.25) is 0 Å². The third-order valence-electron chi connectivity index (χ3n) is 3.61. The van der Waals surface area contributed by atoms with E-state index in [1.807, 2.05) is 49.5 Å². The third kappa shape index (κ3) is 3.05. The molecule has 21 heavy (non-hydrogen) atoms. The van der Waals surface area contributed by atoms with Crippen molar-refractivity contribution in [3.05, 3.63) is 60.2 Å². The molecule has 1 heterocycles. The molecule has 1 aliphatic heterocycles. The quantitative estimate of drug-likeness (QED) is 0.535. The fraction of sp³-hybridized carbons (Fsp3) is 0.235. The van der Waals surface area contributed by atoms with E-state index in [-0.39, 0.29) is 31.0 Å². The lowest BCUT2D eigenvalue weighted by molar-refractivity contribution is -0.512. The molecule has 2 aromatic rings. The van der Waals surface area contributed by atoms with Crippen molar-refractivity contribution in [1.82, 2.24) is 0 Å². The van der Waals surface area contributed by atoms with E-state index in [4.69, 9.17) is 4.74 Å². The summed E-state index contributed by atoms with van der Waals surface area (Å²) in [7, 11) is 3.50. The molecule has 1 saturated heterocycles. The highest BCUT2D eigenvalue weighted by molar-refractivity contribution is 5.97. The van der Waals surface area contributed by atoms with Crippen LogP contribution in [0, 0.1) is 0 Å². The van der Waals surface area contributed by atoms with Crippen molar-refractivity contribution in [2.24, 2.45) is 0 Å². The first-order valence-corrected chi connectivity index (χ1v) is 9.28. The number of amides is 1. The highest BCUT2D eigenvalue weighted by Gasteiger charge is 2.65.